The highest BCUT2D eigenvalue weighted by Gasteiger charge is 2.24. The number of rotatable bonds is 10. The number of carbonyl (C=O) groups excluding carboxylic acids is 2. The molecule has 0 fully saturated rings. The fraction of sp³-hybridized carbons (Fsp3) is 0.333. The molecule has 1 N–H and O–H groups in total. The molecule has 2 aromatic rings. The Bertz CT molecular complexity index is 835. The number of amides is 2. The van der Waals surface area contributed by atoms with E-state index in [9.17, 15) is 9.59 Å². The molecule has 0 heterocycles. The zero-order valence-corrected chi connectivity index (χ0v) is 18.7. The number of likely N-dealkylation sites (N-methyl/N-ethyl adjacent to an activating group) is 1. The smallest absolute Gasteiger partial charge is 0.253 e. The number of ether oxygens (including phenoxy) is 1. The van der Waals surface area contributed by atoms with Crippen LogP contribution in [0, 0.1) is 0 Å². The average Bonchev–Trinajstić information content (AvgIpc) is 2.70. The zero-order valence-electron chi connectivity index (χ0n) is 16.4. The van der Waals surface area contributed by atoms with E-state index in [1.165, 1.54) is 0 Å². The molecule has 0 saturated carbocycles. The summed E-state index contributed by atoms with van der Waals surface area (Å²) in [5.41, 5.74) is 0.350. The van der Waals surface area contributed by atoms with Crippen LogP contribution < -0.4 is 10.1 Å². The van der Waals surface area contributed by atoms with E-state index in [1.807, 2.05) is 6.26 Å². The van der Waals surface area contributed by atoms with Gasteiger partial charge in [0.2, 0.25) is 5.91 Å². The van der Waals surface area contributed by atoms with E-state index >= 15 is 0 Å². The number of nitrogens with zero attached hydrogens (tertiary/aromatic N) is 1. The van der Waals surface area contributed by atoms with Gasteiger partial charge in [-0.2, -0.15) is 11.8 Å². The number of hydrogen-bond acceptors (Lipinski definition) is 4. The van der Waals surface area contributed by atoms with Gasteiger partial charge in [0.15, 0.2) is 0 Å². The van der Waals surface area contributed by atoms with Crippen molar-refractivity contribution < 1.29 is 14.3 Å². The second-order valence-electron chi connectivity index (χ2n) is 6.35. The standard InChI is InChI=1S/C21H24Cl2N2O3S/c1-25(11-12-28-16-7-5-6-15(22)14-16)21(27)19(10-13-29-2)24-20(26)17-8-3-4-9-18(17)23/h3-9,14,19H,10-13H2,1-2H3,(H,24,26). The third-order valence-electron chi connectivity index (χ3n) is 4.20. The summed E-state index contributed by atoms with van der Waals surface area (Å²) in [7, 11) is 1.69. The topological polar surface area (TPSA) is 58.6 Å². The summed E-state index contributed by atoms with van der Waals surface area (Å²) < 4.78 is 5.65. The highest BCUT2D eigenvalue weighted by atomic mass is 35.5. The predicted octanol–water partition coefficient (Wildman–Crippen LogP) is 4.38. The highest BCUT2D eigenvalue weighted by molar-refractivity contribution is 7.98. The van der Waals surface area contributed by atoms with Gasteiger partial charge in [-0.1, -0.05) is 41.4 Å². The predicted molar refractivity (Wildman–Crippen MR) is 120 cm³/mol. The molecule has 8 heteroatoms. The lowest BCUT2D eigenvalue weighted by Crippen LogP contribution is -2.48. The van der Waals surface area contributed by atoms with Crippen molar-refractivity contribution in [2.24, 2.45) is 0 Å². The number of halogens is 2. The first kappa shape index (κ1) is 23.4. The highest BCUT2D eigenvalue weighted by Crippen LogP contribution is 2.17. The largest absolute Gasteiger partial charge is 0.492 e. The van der Waals surface area contributed by atoms with Crippen LogP contribution >= 0.6 is 35.0 Å². The average molecular weight is 455 g/mol. The van der Waals surface area contributed by atoms with Crippen molar-refractivity contribution in [2.45, 2.75) is 12.5 Å². The van der Waals surface area contributed by atoms with Crippen LogP contribution in [0.25, 0.3) is 0 Å². The molecular weight excluding hydrogens is 431 g/mol. The van der Waals surface area contributed by atoms with Gasteiger partial charge in [0, 0.05) is 12.1 Å². The molecule has 0 radical (unpaired) electrons. The van der Waals surface area contributed by atoms with Crippen LogP contribution in [0.3, 0.4) is 0 Å². The van der Waals surface area contributed by atoms with Crippen LogP contribution in [0.4, 0.5) is 0 Å². The minimum absolute atomic E-state index is 0.172. The van der Waals surface area contributed by atoms with E-state index < -0.39 is 6.04 Å². The van der Waals surface area contributed by atoms with Gasteiger partial charge in [0.1, 0.15) is 18.4 Å². The fourth-order valence-corrected chi connectivity index (χ4v) is 3.48. The molecule has 0 aliphatic heterocycles. The van der Waals surface area contributed by atoms with Gasteiger partial charge in [-0.15, -0.1) is 0 Å². The van der Waals surface area contributed by atoms with E-state index in [-0.39, 0.29) is 11.8 Å². The van der Waals surface area contributed by atoms with E-state index in [1.54, 1.807) is 72.2 Å². The van der Waals surface area contributed by atoms with Crippen LogP contribution in [-0.2, 0) is 4.79 Å². The van der Waals surface area contributed by atoms with Gasteiger partial charge in [-0.25, -0.2) is 0 Å². The first-order valence-corrected chi connectivity index (χ1v) is 11.2. The summed E-state index contributed by atoms with van der Waals surface area (Å²) in [5, 5.41) is 3.76. The Morgan fingerprint density at radius 1 is 1.17 bits per heavy atom. The van der Waals surface area contributed by atoms with Crippen LogP contribution in [0.5, 0.6) is 5.75 Å². The van der Waals surface area contributed by atoms with Crippen LogP contribution in [0.1, 0.15) is 16.8 Å². The van der Waals surface area contributed by atoms with Gasteiger partial charge in [-0.3, -0.25) is 9.59 Å². The number of thioether (sulfide) groups is 1. The summed E-state index contributed by atoms with van der Waals surface area (Å²) >= 11 is 13.7. The molecule has 5 nitrogen and oxygen atoms in total. The monoisotopic (exact) mass is 454 g/mol. The van der Waals surface area contributed by atoms with Crippen molar-refractivity contribution in [3.8, 4) is 5.75 Å². The summed E-state index contributed by atoms with van der Waals surface area (Å²) in [6, 6.07) is 13.2. The van der Waals surface area contributed by atoms with Gasteiger partial charge in [0.25, 0.3) is 5.91 Å². The van der Waals surface area contributed by atoms with Gasteiger partial charge in [-0.05, 0) is 48.8 Å². The maximum absolute atomic E-state index is 12.9. The molecule has 2 rings (SSSR count). The van der Waals surface area contributed by atoms with Crippen LogP contribution in [-0.4, -0.2) is 55.0 Å². The normalized spacial score (nSPS) is 11.6. The molecule has 156 valence electrons. The lowest BCUT2D eigenvalue weighted by atomic mass is 10.1. The number of carbonyl (C=O) groups is 2. The van der Waals surface area contributed by atoms with Crippen molar-refractivity contribution in [3.63, 3.8) is 0 Å². The minimum atomic E-state index is -0.637. The van der Waals surface area contributed by atoms with Crippen LogP contribution in [0.2, 0.25) is 10.0 Å². The van der Waals surface area contributed by atoms with Crippen molar-refractivity contribution in [1.82, 2.24) is 10.2 Å². The second-order valence-corrected chi connectivity index (χ2v) is 8.18. The summed E-state index contributed by atoms with van der Waals surface area (Å²) in [4.78, 5) is 27.0. The number of hydrogen-bond donors (Lipinski definition) is 1. The van der Waals surface area contributed by atoms with Crippen molar-refractivity contribution in [1.29, 1.82) is 0 Å². The Hall–Kier alpha value is -1.89. The molecule has 0 bridgehead atoms. The molecule has 1 unspecified atom stereocenters. The third kappa shape index (κ3) is 7.46. The minimum Gasteiger partial charge on any atom is -0.492 e. The maximum atomic E-state index is 12.9. The first-order chi connectivity index (χ1) is 13.9. The van der Waals surface area contributed by atoms with Gasteiger partial charge in [0.05, 0.1) is 17.1 Å². The molecule has 0 saturated heterocycles. The Labute approximate surface area is 185 Å². The Kier molecular flexibility index (Phi) is 9.64. The second kappa shape index (κ2) is 12.0. The van der Waals surface area contributed by atoms with E-state index in [0.29, 0.717) is 40.9 Å². The lowest BCUT2D eigenvalue weighted by molar-refractivity contribution is -0.132. The van der Waals surface area contributed by atoms with Crippen molar-refractivity contribution in [3.05, 3.63) is 64.1 Å². The molecule has 0 aliphatic rings. The summed E-state index contributed by atoms with van der Waals surface area (Å²) in [6.07, 6.45) is 2.48. The molecule has 29 heavy (non-hydrogen) atoms. The third-order valence-corrected chi connectivity index (χ3v) is 5.41. The molecule has 1 atom stereocenters. The van der Waals surface area contributed by atoms with Crippen molar-refractivity contribution in [2.75, 3.05) is 32.2 Å². The molecule has 2 aromatic carbocycles. The molecule has 0 spiro atoms. The molecule has 0 aromatic heterocycles. The van der Waals surface area contributed by atoms with E-state index in [0.717, 1.165) is 5.75 Å². The SMILES string of the molecule is CSCCC(NC(=O)c1ccccc1Cl)C(=O)N(C)CCOc1cccc(Cl)c1. The fourth-order valence-electron chi connectivity index (χ4n) is 2.61. The first-order valence-electron chi connectivity index (χ1n) is 9.10. The van der Waals surface area contributed by atoms with Crippen molar-refractivity contribution >= 4 is 46.8 Å². The Morgan fingerprint density at radius 3 is 2.62 bits per heavy atom. The summed E-state index contributed by atoms with van der Waals surface area (Å²) in [6.45, 7) is 0.694. The quantitative estimate of drug-likeness (QED) is 0.578. The molecular formula is C21H24Cl2N2O3S. The Morgan fingerprint density at radius 2 is 1.93 bits per heavy atom. The van der Waals surface area contributed by atoms with Gasteiger partial charge >= 0.3 is 0 Å². The van der Waals surface area contributed by atoms with E-state index in [2.05, 4.69) is 5.32 Å². The molecule has 2 amide bonds. The zero-order chi connectivity index (χ0) is 21.2. The van der Waals surface area contributed by atoms with Crippen LogP contribution in [0.15, 0.2) is 48.5 Å². The van der Waals surface area contributed by atoms with E-state index in [4.69, 9.17) is 27.9 Å². The Balaban J connectivity index is 1.95. The lowest BCUT2D eigenvalue weighted by Gasteiger charge is -2.25. The molecule has 0 aliphatic carbocycles. The number of nitrogens with one attached hydrogen (secondary N) is 1. The maximum Gasteiger partial charge on any atom is 0.253 e. The van der Waals surface area contributed by atoms with Gasteiger partial charge < -0.3 is 15.0 Å². The number of benzene rings is 2. The summed E-state index contributed by atoms with van der Waals surface area (Å²) in [5.74, 6) is 0.851.